The predicted molar refractivity (Wildman–Crippen MR) is 68.5 cm³/mol. The standard InChI is InChI=1S/C14H18O5/c1-8(2)11(15)7-18-10-4-3-9-5-13(14(16)17)19-12(9)6-10/h3-4,6,8,11,13,15H,5,7H2,1-2H3,(H,16,17). The molecule has 5 heteroatoms. The van der Waals surface area contributed by atoms with E-state index in [1.54, 1.807) is 18.2 Å². The molecule has 2 atom stereocenters. The predicted octanol–water partition coefficient (Wildman–Crippen LogP) is 1.47. The minimum atomic E-state index is -0.964. The Hall–Kier alpha value is -1.75. The summed E-state index contributed by atoms with van der Waals surface area (Å²) in [5, 5.41) is 18.6. The molecule has 1 aliphatic rings. The lowest BCUT2D eigenvalue weighted by molar-refractivity contribution is -0.144. The first-order chi connectivity index (χ1) is 8.97. The number of carboxylic acid groups (broad SMARTS) is 1. The summed E-state index contributed by atoms with van der Waals surface area (Å²) in [5.41, 5.74) is 0.865. The SMILES string of the molecule is CC(C)C(O)COc1ccc2c(c1)OC(C(=O)O)C2. The minimum Gasteiger partial charge on any atom is -0.491 e. The molecular weight excluding hydrogens is 248 g/mol. The topological polar surface area (TPSA) is 76.0 Å². The summed E-state index contributed by atoms with van der Waals surface area (Å²) >= 11 is 0. The van der Waals surface area contributed by atoms with Crippen molar-refractivity contribution in [1.82, 2.24) is 0 Å². The zero-order valence-electron chi connectivity index (χ0n) is 11.0. The molecule has 2 unspecified atom stereocenters. The second kappa shape index (κ2) is 5.48. The molecule has 0 fully saturated rings. The second-order valence-corrected chi connectivity index (χ2v) is 5.04. The van der Waals surface area contributed by atoms with Gasteiger partial charge in [0.2, 0.25) is 0 Å². The Morgan fingerprint density at radius 1 is 1.53 bits per heavy atom. The van der Waals surface area contributed by atoms with E-state index in [9.17, 15) is 9.90 Å². The molecule has 0 amide bonds. The maximum Gasteiger partial charge on any atom is 0.345 e. The monoisotopic (exact) mass is 266 g/mol. The quantitative estimate of drug-likeness (QED) is 0.844. The van der Waals surface area contributed by atoms with E-state index in [2.05, 4.69) is 0 Å². The summed E-state index contributed by atoms with van der Waals surface area (Å²) in [6, 6.07) is 5.24. The maximum atomic E-state index is 10.9. The zero-order valence-corrected chi connectivity index (χ0v) is 11.0. The molecule has 0 aliphatic carbocycles. The van der Waals surface area contributed by atoms with E-state index in [1.165, 1.54) is 0 Å². The zero-order chi connectivity index (χ0) is 14.0. The van der Waals surface area contributed by atoms with Crippen molar-refractivity contribution < 1.29 is 24.5 Å². The number of benzene rings is 1. The molecule has 1 aromatic rings. The van der Waals surface area contributed by atoms with Gasteiger partial charge in [0.15, 0.2) is 6.10 Å². The van der Waals surface area contributed by atoms with Crippen molar-refractivity contribution in [3.63, 3.8) is 0 Å². The largest absolute Gasteiger partial charge is 0.491 e. The van der Waals surface area contributed by atoms with Crippen LogP contribution in [0.2, 0.25) is 0 Å². The Morgan fingerprint density at radius 2 is 2.26 bits per heavy atom. The van der Waals surface area contributed by atoms with Crippen molar-refractivity contribution in [2.45, 2.75) is 32.5 Å². The van der Waals surface area contributed by atoms with E-state index in [1.807, 2.05) is 13.8 Å². The van der Waals surface area contributed by atoms with Gasteiger partial charge < -0.3 is 19.7 Å². The molecule has 1 aromatic carbocycles. The van der Waals surface area contributed by atoms with Gasteiger partial charge in [-0.1, -0.05) is 19.9 Å². The number of carbonyl (C=O) groups is 1. The lowest BCUT2D eigenvalue weighted by Gasteiger charge is -2.15. The lowest BCUT2D eigenvalue weighted by atomic mass is 10.1. The summed E-state index contributed by atoms with van der Waals surface area (Å²) in [6.07, 6.45) is -0.966. The van der Waals surface area contributed by atoms with Gasteiger partial charge in [-0.15, -0.1) is 0 Å². The minimum absolute atomic E-state index is 0.127. The van der Waals surface area contributed by atoms with E-state index in [4.69, 9.17) is 14.6 Å². The fourth-order valence-corrected chi connectivity index (χ4v) is 1.81. The normalized spacial score (nSPS) is 18.8. The van der Waals surface area contributed by atoms with Crippen molar-refractivity contribution >= 4 is 5.97 Å². The molecular formula is C14H18O5. The van der Waals surface area contributed by atoms with E-state index < -0.39 is 18.2 Å². The summed E-state index contributed by atoms with van der Waals surface area (Å²) in [5.74, 6) is 0.282. The van der Waals surface area contributed by atoms with Gasteiger partial charge in [-0.3, -0.25) is 0 Å². The van der Waals surface area contributed by atoms with Crippen molar-refractivity contribution in [2.24, 2.45) is 5.92 Å². The van der Waals surface area contributed by atoms with E-state index >= 15 is 0 Å². The van der Waals surface area contributed by atoms with Crippen molar-refractivity contribution in [3.05, 3.63) is 23.8 Å². The van der Waals surface area contributed by atoms with Crippen LogP contribution in [0.4, 0.5) is 0 Å². The Bertz CT molecular complexity index is 469. The fraction of sp³-hybridized carbons (Fsp3) is 0.500. The van der Waals surface area contributed by atoms with Gasteiger partial charge in [0.25, 0.3) is 0 Å². The van der Waals surface area contributed by atoms with Crippen molar-refractivity contribution in [3.8, 4) is 11.5 Å². The van der Waals surface area contributed by atoms with Gasteiger partial charge in [-0.2, -0.15) is 0 Å². The molecule has 0 spiro atoms. The molecule has 2 rings (SSSR count). The van der Waals surface area contributed by atoms with Gasteiger partial charge >= 0.3 is 5.97 Å². The first kappa shape index (κ1) is 13.7. The van der Waals surface area contributed by atoms with Crippen LogP contribution in [0.25, 0.3) is 0 Å². The molecule has 1 aliphatic heterocycles. The van der Waals surface area contributed by atoms with Crippen LogP contribution in [0.5, 0.6) is 11.5 Å². The molecule has 0 saturated heterocycles. The van der Waals surface area contributed by atoms with Crippen molar-refractivity contribution in [2.75, 3.05) is 6.61 Å². The third kappa shape index (κ3) is 3.17. The van der Waals surface area contributed by atoms with Gasteiger partial charge in [0.05, 0.1) is 6.10 Å². The average molecular weight is 266 g/mol. The summed E-state index contributed by atoms with van der Waals surface area (Å²) in [6.45, 7) is 4.04. The number of aliphatic hydroxyl groups is 1. The van der Waals surface area contributed by atoms with Gasteiger partial charge in [0.1, 0.15) is 18.1 Å². The van der Waals surface area contributed by atoms with Crippen LogP contribution in [-0.2, 0) is 11.2 Å². The molecule has 2 N–H and O–H groups in total. The Labute approximate surface area is 111 Å². The Kier molecular flexibility index (Phi) is 3.95. The molecule has 0 saturated carbocycles. The highest BCUT2D eigenvalue weighted by molar-refractivity contribution is 5.74. The third-order valence-corrected chi connectivity index (χ3v) is 3.18. The molecule has 1 heterocycles. The molecule has 0 radical (unpaired) electrons. The van der Waals surface area contributed by atoms with Crippen LogP contribution in [0, 0.1) is 5.92 Å². The van der Waals surface area contributed by atoms with Crippen molar-refractivity contribution in [1.29, 1.82) is 0 Å². The highest BCUT2D eigenvalue weighted by Gasteiger charge is 2.29. The molecule has 0 bridgehead atoms. The maximum absolute atomic E-state index is 10.9. The Morgan fingerprint density at radius 3 is 2.89 bits per heavy atom. The highest BCUT2D eigenvalue weighted by atomic mass is 16.5. The molecule has 5 nitrogen and oxygen atoms in total. The fourth-order valence-electron chi connectivity index (χ4n) is 1.81. The smallest absolute Gasteiger partial charge is 0.345 e. The van der Waals surface area contributed by atoms with Crippen LogP contribution >= 0.6 is 0 Å². The summed E-state index contributed by atoms with van der Waals surface area (Å²) in [4.78, 5) is 10.9. The number of aliphatic hydroxyl groups excluding tert-OH is 1. The van der Waals surface area contributed by atoms with Gasteiger partial charge in [-0.05, 0) is 17.5 Å². The van der Waals surface area contributed by atoms with Crippen LogP contribution < -0.4 is 9.47 Å². The lowest BCUT2D eigenvalue weighted by Crippen LogP contribution is -2.24. The molecule has 19 heavy (non-hydrogen) atoms. The number of carboxylic acids is 1. The third-order valence-electron chi connectivity index (χ3n) is 3.18. The van der Waals surface area contributed by atoms with Crippen LogP contribution in [0.3, 0.4) is 0 Å². The van der Waals surface area contributed by atoms with Gasteiger partial charge in [0, 0.05) is 12.5 Å². The first-order valence-electron chi connectivity index (χ1n) is 6.30. The number of ether oxygens (including phenoxy) is 2. The van der Waals surface area contributed by atoms with Crippen LogP contribution in [-0.4, -0.2) is 35.0 Å². The summed E-state index contributed by atoms with van der Waals surface area (Å²) in [7, 11) is 0. The second-order valence-electron chi connectivity index (χ2n) is 5.04. The van der Waals surface area contributed by atoms with Gasteiger partial charge in [-0.25, -0.2) is 4.79 Å². The number of hydrogen-bond acceptors (Lipinski definition) is 4. The Balaban J connectivity index is 2.00. The van der Waals surface area contributed by atoms with E-state index in [-0.39, 0.29) is 12.5 Å². The van der Waals surface area contributed by atoms with E-state index in [0.717, 1.165) is 5.56 Å². The summed E-state index contributed by atoms with van der Waals surface area (Å²) < 4.78 is 10.8. The van der Waals surface area contributed by atoms with Crippen LogP contribution in [0.1, 0.15) is 19.4 Å². The number of rotatable bonds is 5. The number of hydrogen-bond donors (Lipinski definition) is 2. The number of aliphatic carboxylic acids is 1. The molecule has 0 aromatic heterocycles. The average Bonchev–Trinajstić information content (AvgIpc) is 2.78. The molecule has 104 valence electrons. The highest BCUT2D eigenvalue weighted by Crippen LogP contribution is 2.32. The van der Waals surface area contributed by atoms with E-state index in [0.29, 0.717) is 17.9 Å². The van der Waals surface area contributed by atoms with Crippen LogP contribution in [0.15, 0.2) is 18.2 Å². The number of fused-ring (bicyclic) bond motifs is 1. The first-order valence-corrected chi connectivity index (χ1v) is 6.30.